The number of benzene rings is 2. The highest BCUT2D eigenvalue weighted by atomic mass is 79.9. The van der Waals surface area contributed by atoms with E-state index in [1.54, 1.807) is 0 Å². The minimum atomic E-state index is 0.138. The van der Waals surface area contributed by atoms with Crippen LogP contribution in [0.5, 0.6) is 5.75 Å². The van der Waals surface area contributed by atoms with Gasteiger partial charge in [-0.05, 0) is 56.4 Å². The fourth-order valence-electron chi connectivity index (χ4n) is 3.20. The molecule has 0 aliphatic rings. The highest BCUT2D eigenvalue weighted by molar-refractivity contribution is 9.10. The van der Waals surface area contributed by atoms with E-state index >= 15 is 0 Å². The lowest BCUT2D eigenvalue weighted by molar-refractivity contribution is 0.283. The second-order valence-electron chi connectivity index (χ2n) is 8.04. The Labute approximate surface area is 149 Å². The summed E-state index contributed by atoms with van der Waals surface area (Å²) in [5, 5.41) is 0. The second-order valence-corrected chi connectivity index (χ2v) is 8.90. The van der Waals surface area contributed by atoms with Gasteiger partial charge in [-0.2, -0.15) is 0 Å². The lowest BCUT2D eigenvalue weighted by Gasteiger charge is -2.33. The molecule has 0 aliphatic heterocycles. The highest BCUT2D eigenvalue weighted by Crippen LogP contribution is 2.38. The third-order valence-electron chi connectivity index (χ3n) is 3.92. The van der Waals surface area contributed by atoms with Gasteiger partial charge in [0.15, 0.2) is 0 Å². The summed E-state index contributed by atoms with van der Waals surface area (Å²) in [5.74, 6) is 0.893. The number of ether oxygens (including phenoxy) is 1. The van der Waals surface area contributed by atoms with E-state index in [1.165, 1.54) is 11.1 Å². The Morgan fingerprint density at radius 2 is 1.57 bits per heavy atom. The maximum absolute atomic E-state index is 5.94. The predicted octanol–water partition coefficient (Wildman–Crippen LogP) is 6.74. The molecule has 2 aromatic carbocycles. The molecule has 0 spiro atoms. The van der Waals surface area contributed by atoms with E-state index in [0.717, 1.165) is 16.6 Å². The van der Waals surface area contributed by atoms with E-state index < -0.39 is 0 Å². The van der Waals surface area contributed by atoms with Crippen molar-refractivity contribution in [2.24, 2.45) is 5.41 Å². The topological polar surface area (TPSA) is 9.23 Å². The van der Waals surface area contributed by atoms with Gasteiger partial charge in [0.1, 0.15) is 12.4 Å². The molecule has 23 heavy (non-hydrogen) atoms. The van der Waals surface area contributed by atoms with Crippen LogP contribution in [0.15, 0.2) is 53.0 Å². The number of hydrogen-bond acceptors (Lipinski definition) is 1. The van der Waals surface area contributed by atoms with Crippen molar-refractivity contribution in [2.45, 2.75) is 53.1 Å². The SMILES string of the molecule is CC(C)(C)CC(C)(C)c1ccc(OCc2ccccc2)c(Br)c1. The largest absolute Gasteiger partial charge is 0.488 e. The fraction of sp³-hybridized carbons (Fsp3) is 0.429. The van der Waals surface area contributed by atoms with E-state index in [4.69, 9.17) is 4.74 Å². The van der Waals surface area contributed by atoms with Gasteiger partial charge >= 0.3 is 0 Å². The van der Waals surface area contributed by atoms with E-state index in [1.807, 2.05) is 18.2 Å². The third-order valence-corrected chi connectivity index (χ3v) is 4.54. The van der Waals surface area contributed by atoms with Crippen molar-refractivity contribution in [1.82, 2.24) is 0 Å². The summed E-state index contributed by atoms with van der Waals surface area (Å²) in [6.45, 7) is 12.1. The maximum Gasteiger partial charge on any atom is 0.134 e. The van der Waals surface area contributed by atoms with Crippen molar-refractivity contribution in [2.75, 3.05) is 0 Å². The third kappa shape index (κ3) is 5.39. The maximum atomic E-state index is 5.94. The molecule has 0 heterocycles. The molecule has 0 saturated carbocycles. The first-order chi connectivity index (χ1) is 10.7. The van der Waals surface area contributed by atoms with Crippen LogP contribution in [0.2, 0.25) is 0 Å². The van der Waals surface area contributed by atoms with Gasteiger partial charge < -0.3 is 4.74 Å². The molecule has 0 fully saturated rings. The van der Waals surface area contributed by atoms with Crippen LogP contribution in [0, 0.1) is 5.41 Å². The van der Waals surface area contributed by atoms with Crippen LogP contribution in [0.3, 0.4) is 0 Å². The first-order valence-electron chi connectivity index (χ1n) is 8.14. The second kappa shape index (κ2) is 7.09. The van der Waals surface area contributed by atoms with Gasteiger partial charge in [-0.3, -0.25) is 0 Å². The Hall–Kier alpha value is -1.28. The van der Waals surface area contributed by atoms with E-state index in [9.17, 15) is 0 Å². The molecule has 0 saturated heterocycles. The Balaban J connectivity index is 2.11. The molecule has 124 valence electrons. The van der Waals surface area contributed by atoms with Gasteiger partial charge in [0, 0.05) is 0 Å². The standard InChI is InChI=1S/C21H27BrO/c1-20(2,3)15-21(4,5)17-11-12-19(18(22)13-17)23-14-16-9-7-6-8-10-16/h6-13H,14-15H2,1-5H3. The minimum absolute atomic E-state index is 0.138. The molecule has 0 aromatic heterocycles. The van der Waals surface area contributed by atoms with E-state index in [0.29, 0.717) is 12.0 Å². The van der Waals surface area contributed by atoms with Crippen molar-refractivity contribution in [3.8, 4) is 5.75 Å². The first kappa shape index (κ1) is 18.1. The predicted molar refractivity (Wildman–Crippen MR) is 102 cm³/mol. The molecule has 0 bridgehead atoms. The molecule has 2 rings (SSSR count). The van der Waals surface area contributed by atoms with Gasteiger partial charge in [0.25, 0.3) is 0 Å². The Morgan fingerprint density at radius 1 is 0.913 bits per heavy atom. The molecule has 0 aliphatic carbocycles. The highest BCUT2D eigenvalue weighted by Gasteiger charge is 2.27. The summed E-state index contributed by atoms with van der Waals surface area (Å²) in [6, 6.07) is 16.7. The van der Waals surface area contributed by atoms with E-state index in [-0.39, 0.29) is 5.41 Å². The average molecular weight is 375 g/mol. The van der Waals surface area contributed by atoms with Crippen molar-refractivity contribution < 1.29 is 4.74 Å². The molecule has 2 heteroatoms. The van der Waals surface area contributed by atoms with Crippen LogP contribution in [-0.2, 0) is 12.0 Å². The van der Waals surface area contributed by atoms with Crippen LogP contribution < -0.4 is 4.74 Å². The summed E-state index contributed by atoms with van der Waals surface area (Å²) in [7, 11) is 0. The van der Waals surface area contributed by atoms with Crippen LogP contribution in [0.25, 0.3) is 0 Å². The fourth-order valence-corrected chi connectivity index (χ4v) is 3.70. The zero-order valence-electron chi connectivity index (χ0n) is 14.8. The molecule has 2 aromatic rings. The Bertz CT molecular complexity index is 639. The van der Waals surface area contributed by atoms with Crippen LogP contribution in [0.1, 0.15) is 52.2 Å². The van der Waals surface area contributed by atoms with Gasteiger partial charge in [0.2, 0.25) is 0 Å². The van der Waals surface area contributed by atoms with Crippen LogP contribution in [-0.4, -0.2) is 0 Å². The summed E-state index contributed by atoms with van der Waals surface area (Å²) >= 11 is 3.67. The summed E-state index contributed by atoms with van der Waals surface area (Å²) < 4.78 is 6.97. The first-order valence-corrected chi connectivity index (χ1v) is 8.93. The Morgan fingerprint density at radius 3 is 2.13 bits per heavy atom. The van der Waals surface area contributed by atoms with Crippen molar-refractivity contribution in [1.29, 1.82) is 0 Å². The molecule has 0 amide bonds. The summed E-state index contributed by atoms with van der Waals surface area (Å²) in [6.07, 6.45) is 1.14. The Kier molecular flexibility index (Phi) is 5.57. The summed E-state index contributed by atoms with van der Waals surface area (Å²) in [5.41, 5.74) is 2.96. The molecular weight excluding hydrogens is 348 g/mol. The molecule has 0 radical (unpaired) electrons. The number of rotatable bonds is 5. The van der Waals surface area contributed by atoms with Crippen molar-refractivity contribution >= 4 is 15.9 Å². The molecule has 1 nitrogen and oxygen atoms in total. The quantitative estimate of drug-likeness (QED) is 0.562. The zero-order valence-corrected chi connectivity index (χ0v) is 16.4. The van der Waals surface area contributed by atoms with Crippen LogP contribution >= 0.6 is 15.9 Å². The zero-order chi connectivity index (χ0) is 17.1. The molecule has 0 N–H and O–H groups in total. The lowest BCUT2D eigenvalue weighted by atomic mass is 9.72. The van der Waals surface area contributed by atoms with E-state index in [2.05, 4.69) is 80.9 Å². The van der Waals surface area contributed by atoms with Gasteiger partial charge in [-0.25, -0.2) is 0 Å². The molecule has 0 atom stereocenters. The number of halogens is 1. The molecule has 0 unspecified atom stereocenters. The average Bonchev–Trinajstić information content (AvgIpc) is 2.44. The summed E-state index contributed by atoms with van der Waals surface area (Å²) in [4.78, 5) is 0. The van der Waals surface area contributed by atoms with Gasteiger partial charge in [0.05, 0.1) is 4.47 Å². The van der Waals surface area contributed by atoms with Crippen molar-refractivity contribution in [3.63, 3.8) is 0 Å². The van der Waals surface area contributed by atoms with Gasteiger partial charge in [-0.15, -0.1) is 0 Å². The van der Waals surface area contributed by atoms with Gasteiger partial charge in [-0.1, -0.05) is 71.0 Å². The number of hydrogen-bond donors (Lipinski definition) is 0. The smallest absolute Gasteiger partial charge is 0.134 e. The monoisotopic (exact) mass is 374 g/mol. The normalized spacial score (nSPS) is 12.3. The van der Waals surface area contributed by atoms with Crippen molar-refractivity contribution in [3.05, 3.63) is 64.1 Å². The minimum Gasteiger partial charge on any atom is -0.488 e. The molecular formula is C21H27BrO. The van der Waals surface area contributed by atoms with Crippen LogP contribution in [0.4, 0.5) is 0 Å². The lowest BCUT2D eigenvalue weighted by Crippen LogP contribution is -2.24.